The molecule has 2 rings (SSSR count). The molecule has 1 amide bonds. The second-order valence-electron chi connectivity index (χ2n) is 6.18. The van der Waals surface area contributed by atoms with Gasteiger partial charge in [-0.1, -0.05) is 19.3 Å². The van der Waals surface area contributed by atoms with Crippen molar-refractivity contribution in [2.24, 2.45) is 11.7 Å². The second-order valence-corrected chi connectivity index (χ2v) is 7.90. The molecule has 1 unspecified atom stereocenters. The molecule has 9 heteroatoms. The molecule has 1 fully saturated rings. The molecule has 0 spiro atoms. The van der Waals surface area contributed by atoms with E-state index in [9.17, 15) is 17.6 Å². The van der Waals surface area contributed by atoms with Crippen molar-refractivity contribution in [1.82, 2.24) is 4.72 Å². The summed E-state index contributed by atoms with van der Waals surface area (Å²) in [6, 6.07) is 2.98. The smallest absolute Gasteiger partial charge is 0.240 e. The third-order valence-corrected chi connectivity index (χ3v) is 5.83. The van der Waals surface area contributed by atoms with Crippen LogP contribution in [0.4, 0.5) is 10.1 Å². The van der Waals surface area contributed by atoms with Crippen molar-refractivity contribution in [3.8, 4) is 0 Å². The van der Waals surface area contributed by atoms with Gasteiger partial charge in [0.25, 0.3) is 0 Å². The average Bonchev–Trinajstić information content (AvgIpc) is 2.55. The van der Waals surface area contributed by atoms with E-state index in [1.807, 2.05) is 0 Å². The third kappa shape index (κ3) is 5.91. The zero-order valence-corrected chi connectivity index (χ0v) is 15.8. The Morgan fingerprint density at radius 3 is 2.52 bits per heavy atom. The highest BCUT2D eigenvalue weighted by atomic mass is 35.5. The monoisotopic (exact) mass is 393 g/mol. The van der Waals surface area contributed by atoms with Gasteiger partial charge in [0.15, 0.2) is 0 Å². The van der Waals surface area contributed by atoms with Crippen LogP contribution in [0.1, 0.15) is 39.0 Å². The van der Waals surface area contributed by atoms with Crippen LogP contribution in [0.15, 0.2) is 23.1 Å². The molecule has 25 heavy (non-hydrogen) atoms. The molecule has 0 bridgehead atoms. The Labute approximate surface area is 154 Å². The maximum Gasteiger partial charge on any atom is 0.240 e. The molecule has 1 aromatic carbocycles. The van der Waals surface area contributed by atoms with Gasteiger partial charge in [-0.25, -0.2) is 17.5 Å². The fourth-order valence-electron chi connectivity index (χ4n) is 3.10. The number of carbonyl (C=O) groups excluding carboxylic acids is 1. The van der Waals surface area contributed by atoms with Gasteiger partial charge in [-0.15, -0.1) is 12.4 Å². The highest BCUT2D eigenvalue weighted by Gasteiger charge is 2.27. The maximum absolute atomic E-state index is 13.7. The molecule has 1 aliphatic rings. The minimum Gasteiger partial charge on any atom is -0.329 e. The highest BCUT2D eigenvalue weighted by molar-refractivity contribution is 7.89. The number of halogens is 2. The summed E-state index contributed by atoms with van der Waals surface area (Å²) in [5.41, 5.74) is 5.60. The van der Waals surface area contributed by atoms with Crippen molar-refractivity contribution >= 4 is 34.0 Å². The first kappa shape index (κ1) is 21.8. The van der Waals surface area contributed by atoms with E-state index in [1.54, 1.807) is 0 Å². The number of hydrogen-bond donors (Lipinski definition) is 3. The van der Waals surface area contributed by atoms with Crippen LogP contribution in [0.5, 0.6) is 0 Å². The van der Waals surface area contributed by atoms with Gasteiger partial charge in [-0.05, 0) is 37.0 Å². The van der Waals surface area contributed by atoms with Crippen LogP contribution in [0.2, 0.25) is 0 Å². The molecule has 4 N–H and O–H groups in total. The lowest BCUT2D eigenvalue weighted by molar-refractivity contribution is -0.114. The lowest BCUT2D eigenvalue weighted by atomic mass is 9.84. The molecular weight excluding hydrogens is 369 g/mol. The number of benzene rings is 1. The summed E-state index contributed by atoms with van der Waals surface area (Å²) in [7, 11) is -3.84. The van der Waals surface area contributed by atoms with E-state index < -0.39 is 21.7 Å². The van der Waals surface area contributed by atoms with Crippen LogP contribution in [0.3, 0.4) is 0 Å². The summed E-state index contributed by atoms with van der Waals surface area (Å²) in [5.74, 6) is -0.945. The first-order chi connectivity index (χ1) is 11.3. The van der Waals surface area contributed by atoms with Gasteiger partial charge in [0.1, 0.15) is 5.82 Å². The van der Waals surface area contributed by atoms with Crippen LogP contribution in [-0.4, -0.2) is 26.9 Å². The first-order valence-corrected chi connectivity index (χ1v) is 9.61. The Bertz CT molecular complexity index is 694. The summed E-state index contributed by atoms with van der Waals surface area (Å²) in [6.07, 6.45) is 5.21. The van der Waals surface area contributed by atoms with E-state index in [-0.39, 0.29) is 41.5 Å². The summed E-state index contributed by atoms with van der Waals surface area (Å²) in [6.45, 7) is 1.44. The lowest BCUT2D eigenvalue weighted by Gasteiger charge is -2.29. The Morgan fingerprint density at radius 1 is 1.32 bits per heavy atom. The Morgan fingerprint density at radius 2 is 1.96 bits per heavy atom. The van der Waals surface area contributed by atoms with Crippen molar-refractivity contribution in [3.05, 3.63) is 24.0 Å². The predicted molar refractivity (Wildman–Crippen MR) is 97.7 cm³/mol. The maximum atomic E-state index is 13.7. The van der Waals surface area contributed by atoms with Crippen LogP contribution in [0.25, 0.3) is 0 Å². The SMILES string of the molecule is CC(=O)Nc1cc(S(=O)(=O)NC(CN)C2CCCCC2)ccc1F.Cl. The van der Waals surface area contributed by atoms with Gasteiger partial charge in [-0.2, -0.15) is 0 Å². The Hall–Kier alpha value is -1.22. The molecule has 0 saturated heterocycles. The summed E-state index contributed by atoms with van der Waals surface area (Å²) in [4.78, 5) is 11.0. The van der Waals surface area contributed by atoms with Crippen LogP contribution in [-0.2, 0) is 14.8 Å². The minimum atomic E-state index is -3.84. The van der Waals surface area contributed by atoms with E-state index in [0.29, 0.717) is 0 Å². The van der Waals surface area contributed by atoms with Crippen molar-refractivity contribution < 1.29 is 17.6 Å². The van der Waals surface area contributed by atoms with Crippen molar-refractivity contribution in [3.63, 3.8) is 0 Å². The molecule has 1 saturated carbocycles. The van der Waals surface area contributed by atoms with Crippen molar-refractivity contribution in [2.75, 3.05) is 11.9 Å². The van der Waals surface area contributed by atoms with E-state index >= 15 is 0 Å². The molecule has 0 heterocycles. The van der Waals surface area contributed by atoms with Crippen molar-refractivity contribution in [2.45, 2.75) is 50.0 Å². The first-order valence-electron chi connectivity index (χ1n) is 8.13. The van der Waals surface area contributed by atoms with Gasteiger partial charge in [0.2, 0.25) is 15.9 Å². The molecule has 1 aliphatic carbocycles. The molecule has 0 aliphatic heterocycles. The minimum absolute atomic E-state index is 0. The summed E-state index contributed by atoms with van der Waals surface area (Å²) < 4.78 is 41.5. The van der Waals surface area contributed by atoms with E-state index in [2.05, 4.69) is 10.0 Å². The Kier molecular flexibility index (Phi) is 8.27. The number of rotatable bonds is 6. The molecule has 1 atom stereocenters. The van der Waals surface area contributed by atoms with Gasteiger partial charge < -0.3 is 11.1 Å². The number of carbonyl (C=O) groups is 1. The standard InChI is InChI=1S/C16H24FN3O3S.ClH/c1-11(21)19-15-9-13(7-8-14(15)17)24(22,23)20-16(10-18)12-5-3-2-4-6-12;/h7-9,12,16,20H,2-6,10,18H2,1H3,(H,19,21);1H. The average molecular weight is 394 g/mol. The number of nitrogens with one attached hydrogen (secondary N) is 2. The zero-order chi connectivity index (χ0) is 17.7. The molecular formula is C16H25ClFN3O3S. The lowest BCUT2D eigenvalue weighted by Crippen LogP contribution is -2.45. The molecule has 142 valence electrons. The molecule has 0 aromatic heterocycles. The molecule has 1 aromatic rings. The third-order valence-electron chi connectivity index (χ3n) is 4.34. The number of hydrogen-bond acceptors (Lipinski definition) is 4. The molecule has 6 nitrogen and oxygen atoms in total. The Balaban J connectivity index is 0.00000312. The van der Waals surface area contributed by atoms with E-state index in [1.165, 1.54) is 19.4 Å². The van der Waals surface area contributed by atoms with E-state index in [4.69, 9.17) is 5.73 Å². The van der Waals surface area contributed by atoms with Crippen molar-refractivity contribution in [1.29, 1.82) is 0 Å². The number of amides is 1. The molecule has 0 radical (unpaired) electrons. The fourth-order valence-corrected chi connectivity index (χ4v) is 4.44. The number of sulfonamides is 1. The number of nitrogens with two attached hydrogens (primary N) is 1. The quantitative estimate of drug-likeness (QED) is 0.690. The van der Waals surface area contributed by atoms with Crippen LogP contribution < -0.4 is 15.8 Å². The van der Waals surface area contributed by atoms with Crippen LogP contribution in [0, 0.1) is 11.7 Å². The van der Waals surface area contributed by atoms with Crippen LogP contribution >= 0.6 is 12.4 Å². The summed E-state index contributed by atoms with van der Waals surface area (Å²) >= 11 is 0. The number of anilines is 1. The van der Waals surface area contributed by atoms with E-state index in [0.717, 1.165) is 37.8 Å². The predicted octanol–water partition coefficient (Wildman–Crippen LogP) is 2.39. The largest absolute Gasteiger partial charge is 0.329 e. The summed E-state index contributed by atoms with van der Waals surface area (Å²) in [5, 5.41) is 2.29. The zero-order valence-electron chi connectivity index (χ0n) is 14.1. The van der Waals surface area contributed by atoms with Gasteiger partial charge in [-0.3, -0.25) is 4.79 Å². The van der Waals surface area contributed by atoms with Gasteiger partial charge in [0.05, 0.1) is 10.6 Å². The van der Waals surface area contributed by atoms with Gasteiger partial charge >= 0.3 is 0 Å². The normalized spacial score (nSPS) is 16.8. The van der Waals surface area contributed by atoms with Gasteiger partial charge in [0, 0.05) is 19.5 Å². The second kappa shape index (κ2) is 9.47. The fraction of sp³-hybridized carbons (Fsp3) is 0.562. The topological polar surface area (TPSA) is 101 Å². The highest BCUT2D eigenvalue weighted by Crippen LogP contribution is 2.27.